The van der Waals surface area contributed by atoms with Gasteiger partial charge in [0.05, 0.1) is 14.2 Å². The molecule has 0 unspecified atom stereocenters. The molecule has 0 saturated carbocycles. The molecule has 0 spiro atoms. The Bertz CT molecular complexity index is 715. The van der Waals surface area contributed by atoms with Gasteiger partial charge in [-0.05, 0) is 43.7 Å². The van der Waals surface area contributed by atoms with Gasteiger partial charge in [-0.25, -0.2) is 0 Å². The van der Waals surface area contributed by atoms with Gasteiger partial charge in [0, 0.05) is 11.1 Å². The molecular formula is C19H20O3. The summed E-state index contributed by atoms with van der Waals surface area (Å²) in [5.74, 6) is 1.24. The maximum atomic E-state index is 12.4. The standard InChI is InChI=1S/C19H20O3/c1-13-8-9-14(2)16(12-13)17(20)11-10-15-6-5-7-18(21-3)19(15)22-4/h5-12H,1-4H3/b11-10+. The van der Waals surface area contributed by atoms with Crippen molar-refractivity contribution in [2.24, 2.45) is 0 Å². The minimum Gasteiger partial charge on any atom is -0.493 e. The highest BCUT2D eigenvalue weighted by molar-refractivity contribution is 6.08. The molecule has 0 heterocycles. The van der Waals surface area contributed by atoms with Gasteiger partial charge < -0.3 is 9.47 Å². The van der Waals surface area contributed by atoms with Gasteiger partial charge >= 0.3 is 0 Å². The lowest BCUT2D eigenvalue weighted by atomic mass is 10.0. The first kappa shape index (κ1) is 15.8. The van der Waals surface area contributed by atoms with Crippen LogP contribution in [-0.4, -0.2) is 20.0 Å². The molecule has 22 heavy (non-hydrogen) atoms. The van der Waals surface area contributed by atoms with E-state index in [1.165, 1.54) is 0 Å². The van der Waals surface area contributed by atoms with Crippen molar-refractivity contribution < 1.29 is 14.3 Å². The van der Waals surface area contributed by atoms with Gasteiger partial charge in [0.1, 0.15) is 0 Å². The van der Waals surface area contributed by atoms with Crippen molar-refractivity contribution in [1.29, 1.82) is 0 Å². The summed E-state index contributed by atoms with van der Waals surface area (Å²) in [5, 5.41) is 0. The largest absolute Gasteiger partial charge is 0.493 e. The smallest absolute Gasteiger partial charge is 0.186 e. The van der Waals surface area contributed by atoms with E-state index >= 15 is 0 Å². The molecule has 3 nitrogen and oxygen atoms in total. The first-order valence-electron chi connectivity index (χ1n) is 7.07. The van der Waals surface area contributed by atoms with Gasteiger partial charge in [0.2, 0.25) is 0 Å². The third-order valence-electron chi connectivity index (χ3n) is 3.51. The van der Waals surface area contributed by atoms with E-state index < -0.39 is 0 Å². The lowest BCUT2D eigenvalue weighted by Gasteiger charge is -2.09. The number of hydrogen-bond acceptors (Lipinski definition) is 3. The predicted octanol–water partition coefficient (Wildman–Crippen LogP) is 4.22. The monoisotopic (exact) mass is 296 g/mol. The van der Waals surface area contributed by atoms with Crippen LogP contribution >= 0.6 is 0 Å². The number of carbonyl (C=O) groups excluding carboxylic acids is 1. The fourth-order valence-corrected chi connectivity index (χ4v) is 2.30. The van der Waals surface area contributed by atoms with Crippen molar-refractivity contribution >= 4 is 11.9 Å². The van der Waals surface area contributed by atoms with Gasteiger partial charge in [0.15, 0.2) is 17.3 Å². The van der Waals surface area contributed by atoms with E-state index in [-0.39, 0.29) is 5.78 Å². The summed E-state index contributed by atoms with van der Waals surface area (Å²) in [5.41, 5.74) is 3.57. The summed E-state index contributed by atoms with van der Waals surface area (Å²) >= 11 is 0. The van der Waals surface area contributed by atoms with E-state index in [0.29, 0.717) is 11.5 Å². The van der Waals surface area contributed by atoms with Crippen LogP contribution in [0.3, 0.4) is 0 Å². The Balaban J connectivity index is 2.32. The second kappa shape index (κ2) is 6.94. The highest BCUT2D eigenvalue weighted by atomic mass is 16.5. The summed E-state index contributed by atoms with van der Waals surface area (Å²) in [6.07, 6.45) is 3.32. The molecule has 0 aromatic heterocycles. The number of hydrogen-bond donors (Lipinski definition) is 0. The number of aryl methyl sites for hydroxylation is 2. The highest BCUT2D eigenvalue weighted by Gasteiger charge is 2.09. The highest BCUT2D eigenvalue weighted by Crippen LogP contribution is 2.31. The van der Waals surface area contributed by atoms with Crippen LogP contribution in [0.25, 0.3) is 6.08 Å². The predicted molar refractivity (Wildman–Crippen MR) is 88.8 cm³/mol. The van der Waals surface area contributed by atoms with Crippen LogP contribution in [0.1, 0.15) is 27.0 Å². The lowest BCUT2D eigenvalue weighted by molar-refractivity contribution is 0.104. The molecule has 0 bridgehead atoms. The van der Waals surface area contributed by atoms with Crippen LogP contribution in [0, 0.1) is 13.8 Å². The van der Waals surface area contributed by atoms with Crippen molar-refractivity contribution in [2.75, 3.05) is 14.2 Å². The summed E-state index contributed by atoms with van der Waals surface area (Å²) in [4.78, 5) is 12.4. The minimum absolute atomic E-state index is 0.0222. The van der Waals surface area contributed by atoms with E-state index in [1.807, 2.05) is 50.2 Å². The molecule has 2 aromatic rings. The van der Waals surface area contributed by atoms with Crippen molar-refractivity contribution in [3.63, 3.8) is 0 Å². The zero-order valence-corrected chi connectivity index (χ0v) is 13.3. The van der Waals surface area contributed by atoms with E-state index in [0.717, 1.165) is 22.3 Å². The van der Waals surface area contributed by atoms with Gasteiger partial charge in [-0.15, -0.1) is 0 Å². The van der Waals surface area contributed by atoms with E-state index in [2.05, 4.69) is 0 Å². The van der Waals surface area contributed by atoms with E-state index in [1.54, 1.807) is 26.4 Å². The Morgan fingerprint density at radius 2 is 1.82 bits per heavy atom. The molecule has 0 aliphatic carbocycles. The average molecular weight is 296 g/mol. The molecule has 0 N–H and O–H groups in total. The lowest BCUT2D eigenvalue weighted by Crippen LogP contribution is -1.98. The van der Waals surface area contributed by atoms with Crippen molar-refractivity contribution in [3.8, 4) is 11.5 Å². The molecule has 0 aliphatic heterocycles. The number of ketones is 1. The molecule has 2 aromatic carbocycles. The molecule has 2 rings (SSSR count). The molecule has 114 valence electrons. The number of benzene rings is 2. The average Bonchev–Trinajstić information content (AvgIpc) is 2.54. The molecule has 3 heteroatoms. The Labute approximate surface area is 131 Å². The third-order valence-corrected chi connectivity index (χ3v) is 3.51. The fraction of sp³-hybridized carbons (Fsp3) is 0.211. The first-order valence-corrected chi connectivity index (χ1v) is 7.07. The van der Waals surface area contributed by atoms with Crippen LogP contribution < -0.4 is 9.47 Å². The number of para-hydroxylation sites is 1. The maximum Gasteiger partial charge on any atom is 0.186 e. The second-order valence-corrected chi connectivity index (χ2v) is 5.10. The van der Waals surface area contributed by atoms with Crippen molar-refractivity contribution in [3.05, 3.63) is 64.7 Å². The second-order valence-electron chi connectivity index (χ2n) is 5.10. The number of rotatable bonds is 5. The molecule has 0 atom stereocenters. The van der Waals surface area contributed by atoms with Crippen LogP contribution in [0.2, 0.25) is 0 Å². The van der Waals surface area contributed by atoms with Gasteiger partial charge in [0.25, 0.3) is 0 Å². The van der Waals surface area contributed by atoms with Gasteiger partial charge in [-0.3, -0.25) is 4.79 Å². The molecule has 0 radical (unpaired) electrons. The fourth-order valence-electron chi connectivity index (χ4n) is 2.30. The van der Waals surface area contributed by atoms with Crippen LogP contribution in [-0.2, 0) is 0 Å². The number of carbonyl (C=O) groups is 1. The number of methoxy groups -OCH3 is 2. The zero-order valence-electron chi connectivity index (χ0n) is 13.3. The number of allylic oxidation sites excluding steroid dienone is 1. The van der Waals surface area contributed by atoms with Crippen LogP contribution in [0.15, 0.2) is 42.5 Å². The van der Waals surface area contributed by atoms with Crippen molar-refractivity contribution in [2.45, 2.75) is 13.8 Å². The topological polar surface area (TPSA) is 35.5 Å². The third kappa shape index (κ3) is 3.37. The van der Waals surface area contributed by atoms with E-state index in [9.17, 15) is 4.79 Å². The van der Waals surface area contributed by atoms with Crippen LogP contribution in [0.5, 0.6) is 11.5 Å². The Hall–Kier alpha value is -2.55. The zero-order chi connectivity index (χ0) is 16.1. The summed E-state index contributed by atoms with van der Waals surface area (Å²) in [6, 6.07) is 11.4. The molecule has 0 saturated heterocycles. The van der Waals surface area contributed by atoms with Gasteiger partial charge in [-0.2, -0.15) is 0 Å². The molecule has 0 fully saturated rings. The normalized spacial score (nSPS) is 10.7. The molecular weight excluding hydrogens is 276 g/mol. The minimum atomic E-state index is -0.0222. The molecule has 0 aliphatic rings. The molecule has 0 amide bonds. The van der Waals surface area contributed by atoms with Crippen LogP contribution in [0.4, 0.5) is 0 Å². The number of ether oxygens (including phenoxy) is 2. The quantitative estimate of drug-likeness (QED) is 0.612. The Morgan fingerprint density at radius 3 is 2.50 bits per heavy atom. The van der Waals surface area contributed by atoms with Crippen molar-refractivity contribution in [1.82, 2.24) is 0 Å². The maximum absolute atomic E-state index is 12.4. The Morgan fingerprint density at radius 1 is 1.05 bits per heavy atom. The van der Waals surface area contributed by atoms with E-state index in [4.69, 9.17) is 9.47 Å². The summed E-state index contributed by atoms with van der Waals surface area (Å²) in [7, 11) is 3.17. The SMILES string of the molecule is COc1cccc(/C=C/C(=O)c2cc(C)ccc2C)c1OC. The first-order chi connectivity index (χ1) is 10.6. The summed E-state index contributed by atoms with van der Waals surface area (Å²) < 4.78 is 10.6. The van der Waals surface area contributed by atoms with Gasteiger partial charge in [-0.1, -0.05) is 29.8 Å². The summed E-state index contributed by atoms with van der Waals surface area (Å²) in [6.45, 7) is 3.91. The Kier molecular flexibility index (Phi) is 4.99.